The number of nitrogen functional groups attached to an aromatic ring is 1. The van der Waals surface area contributed by atoms with Crippen LogP contribution in [0.2, 0.25) is 5.02 Å². The van der Waals surface area contributed by atoms with Gasteiger partial charge in [-0.25, -0.2) is 14.6 Å². The molecular weight excluding hydrogens is 699 g/mol. The van der Waals surface area contributed by atoms with Gasteiger partial charge >= 0.3 is 6.18 Å². The minimum atomic E-state index is -4.80. The lowest BCUT2D eigenvalue weighted by Gasteiger charge is -2.41. The number of hydrogen-bond donors (Lipinski definition) is 3. The van der Waals surface area contributed by atoms with Gasteiger partial charge in [-0.05, 0) is 75.8 Å². The van der Waals surface area contributed by atoms with Crippen molar-refractivity contribution in [2.24, 2.45) is 18.7 Å². The first-order valence-corrected chi connectivity index (χ1v) is 17.4. The predicted octanol–water partition coefficient (Wildman–Crippen LogP) is 4.51. The van der Waals surface area contributed by atoms with E-state index in [-0.39, 0.29) is 39.5 Å². The molecule has 52 heavy (non-hydrogen) atoms. The molecule has 0 saturated carbocycles. The number of alkyl halides is 3. The smallest absolute Gasteiger partial charge is 0.397 e. The summed E-state index contributed by atoms with van der Waals surface area (Å²) in [6.07, 6.45) is 1.97. The van der Waals surface area contributed by atoms with Crippen LogP contribution >= 0.6 is 11.6 Å². The van der Waals surface area contributed by atoms with Crippen LogP contribution in [-0.4, -0.2) is 103 Å². The first kappa shape index (κ1) is 36.8. The molecule has 2 amide bonds. The van der Waals surface area contributed by atoms with Gasteiger partial charge in [0.15, 0.2) is 17.3 Å². The maximum Gasteiger partial charge on any atom is 0.435 e. The van der Waals surface area contributed by atoms with Crippen molar-refractivity contribution in [3.63, 3.8) is 0 Å². The lowest BCUT2D eigenvalue weighted by atomic mass is 9.92. The number of halogens is 4. The molecule has 0 spiro atoms. The molecule has 13 nitrogen and oxygen atoms in total. The van der Waals surface area contributed by atoms with Crippen molar-refractivity contribution < 1.29 is 22.8 Å². The summed E-state index contributed by atoms with van der Waals surface area (Å²) in [6.45, 7) is 10.6. The quantitative estimate of drug-likeness (QED) is 0.213. The number of rotatable bonds is 10. The molecule has 0 radical (unpaired) electrons. The van der Waals surface area contributed by atoms with E-state index >= 15 is 0 Å². The number of hydrogen-bond acceptors (Lipinski definition) is 9. The summed E-state index contributed by atoms with van der Waals surface area (Å²) in [7, 11) is 1.42. The standard InChI is InChI=1S/C35H41ClF3N11O2/c1-22(23-8-12-47(13-9-23)11-3-10-40)48-14-16-49(17-15-48)34(52)26-6-5-25(18-28(26)36)44-33(51)32-43-20-29(46(32)2)27-21-50(45-31(27)35(37,38)39)30-7-4-24(41)19-42-30/h4-7,18-21,23H,1,3,8-17,40-41H2,2H3,(H,44,51). The van der Waals surface area contributed by atoms with Crippen molar-refractivity contribution in [1.29, 1.82) is 0 Å². The number of imidazole rings is 1. The van der Waals surface area contributed by atoms with E-state index in [1.54, 1.807) is 17.0 Å². The van der Waals surface area contributed by atoms with Crippen molar-refractivity contribution in [2.75, 3.05) is 63.4 Å². The maximum absolute atomic E-state index is 14.0. The molecule has 2 saturated heterocycles. The van der Waals surface area contributed by atoms with E-state index in [2.05, 4.69) is 36.8 Å². The van der Waals surface area contributed by atoms with Crippen molar-refractivity contribution in [3.05, 3.63) is 83.3 Å². The summed E-state index contributed by atoms with van der Waals surface area (Å²) >= 11 is 6.55. The number of nitrogens with one attached hydrogen (secondary N) is 1. The number of carbonyl (C=O) groups excluding carboxylic acids is 2. The number of piperazine rings is 1. The Morgan fingerprint density at radius 1 is 1.02 bits per heavy atom. The van der Waals surface area contributed by atoms with Gasteiger partial charge in [-0.15, -0.1) is 0 Å². The lowest BCUT2D eigenvalue weighted by molar-refractivity contribution is -0.140. The van der Waals surface area contributed by atoms with Crippen LogP contribution in [0.5, 0.6) is 0 Å². The fraction of sp³-hybridized carbons (Fsp3) is 0.400. The Labute approximate surface area is 304 Å². The van der Waals surface area contributed by atoms with Gasteiger partial charge < -0.3 is 36.1 Å². The van der Waals surface area contributed by atoms with Crippen LogP contribution in [0.15, 0.2) is 61.2 Å². The van der Waals surface area contributed by atoms with Gasteiger partial charge in [0.05, 0.1) is 39.9 Å². The third-order valence-corrected chi connectivity index (χ3v) is 9.94. The molecule has 0 unspecified atom stereocenters. The Hall–Kier alpha value is -4.93. The molecule has 4 aromatic rings. The monoisotopic (exact) mass is 739 g/mol. The third kappa shape index (κ3) is 7.93. The van der Waals surface area contributed by atoms with Crippen LogP contribution in [0.3, 0.4) is 0 Å². The summed E-state index contributed by atoms with van der Waals surface area (Å²) in [4.78, 5) is 41.3. The zero-order chi connectivity index (χ0) is 37.2. The Balaban J connectivity index is 1.08. The molecule has 5 heterocycles. The largest absolute Gasteiger partial charge is 0.435 e. The van der Waals surface area contributed by atoms with E-state index in [0.717, 1.165) is 49.3 Å². The van der Waals surface area contributed by atoms with Crippen molar-refractivity contribution >= 4 is 34.8 Å². The highest BCUT2D eigenvalue weighted by Crippen LogP contribution is 2.37. The highest BCUT2D eigenvalue weighted by molar-refractivity contribution is 6.34. The SMILES string of the molecule is C=C(C1CCN(CCCN)CC1)N1CCN(C(=O)c2ccc(NC(=O)c3ncc(-c4cn(-c5ccc(N)cn5)nc4C(F)(F)F)n3C)cc2Cl)CC1. The first-order chi connectivity index (χ1) is 24.8. The zero-order valence-electron chi connectivity index (χ0n) is 28.7. The molecular formula is C35H41ClF3N11O2. The van der Waals surface area contributed by atoms with E-state index < -0.39 is 17.8 Å². The average Bonchev–Trinajstić information content (AvgIpc) is 3.75. The van der Waals surface area contributed by atoms with Gasteiger partial charge in [-0.3, -0.25) is 9.59 Å². The number of pyridine rings is 1. The molecule has 2 fully saturated rings. The van der Waals surface area contributed by atoms with Gasteiger partial charge in [0.25, 0.3) is 11.8 Å². The van der Waals surface area contributed by atoms with E-state index in [9.17, 15) is 22.8 Å². The van der Waals surface area contributed by atoms with Crippen molar-refractivity contribution in [2.45, 2.75) is 25.4 Å². The van der Waals surface area contributed by atoms with Gasteiger partial charge in [0, 0.05) is 56.7 Å². The Morgan fingerprint density at radius 2 is 1.73 bits per heavy atom. The topological polar surface area (TPSA) is 156 Å². The number of allylic oxidation sites excluding steroid dienone is 1. The molecule has 17 heteroatoms. The van der Waals surface area contributed by atoms with Crippen LogP contribution in [-0.2, 0) is 13.2 Å². The molecule has 0 atom stereocenters. The lowest BCUT2D eigenvalue weighted by Crippen LogP contribution is -2.49. The first-order valence-electron chi connectivity index (χ1n) is 17.0. The molecule has 0 bridgehead atoms. The molecule has 3 aromatic heterocycles. The highest BCUT2D eigenvalue weighted by Gasteiger charge is 2.39. The molecule has 2 aliphatic rings. The number of nitrogens with zero attached hydrogens (tertiary/aromatic N) is 8. The minimum absolute atomic E-state index is 0.00512. The second kappa shape index (κ2) is 15.4. The number of aromatic nitrogens is 5. The van der Waals surface area contributed by atoms with Crippen LogP contribution in [0, 0.1) is 5.92 Å². The average molecular weight is 740 g/mol. The number of carbonyl (C=O) groups is 2. The Morgan fingerprint density at radius 3 is 2.37 bits per heavy atom. The van der Waals surface area contributed by atoms with Crippen LogP contribution in [0.1, 0.15) is 45.9 Å². The second-order valence-electron chi connectivity index (χ2n) is 13.0. The summed E-state index contributed by atoms with van der Waals surface area (Å²) in [5.41, 5.74) is 11.9. The summed E-state index contributed by atoms with van der Waals surface area (Å²) in [5.74, 6) is -0.512. The normalized spacial score (nSPS) is 16.0. The zero-order valence-corrected chi connectivity index (χ0v) is 29.5. The van der Waals surface area contributed by atoms with Crippen molar-refractivity contribution in [3.8, 4) is 17.1 Å². The second-order valence-corrected chi connectivity index (χ2v) is 13.4. The molecule has 276 valence electrons. The predicted molar refractivity (Wildman–Crippen MR) is 192 cm³/mol. The highest BCUT2D eigenvalue weighted by atomic mass is 35.5. The number of benzene rings is 1. The van der Waals surface area contributed by atoms with E-state index in [1.165, 1.54) is 48.4 Å². The fourth-order valence-corrected chi connectivity index (χ4v) is 6.94. The van der Waals surface area contributed by atoms with Gasteiger partial charge in [-0.2, -0.15) is 18.3 Å². The fourth-order valence-electron chi connectivity index (χ4n) is 6.68. The third-order valence-electron chi connectivity index (χ3n) is 9.62. The van der Waals surface area contributed by atoms with Gasteiger partial charge in [-0.1, -0.05) is 18.2 Å². The Bertz CT molecular complexity index is 1930. The van der Waals surface area contributed by atoms with Crippen LogP contribution in [0.25, 0.3) is 17.1 Å². The van der Waals surface area contributed by atoms with Crippen molar-refractivity contribution in [1.82, 2.24) is 39.0 Å². The summed E-state index contributed by atoms with van der Waals surface area (Å²) in [5, 5.41) is 6.54. The summed E-state index contributed by atoms with van der Waals surface area (Å²) < 4.78 is 44.4. The Kier molecular flexibility index (Phi) is 10.9. The molecule has 5 N–H and O–H groups in total. The number of anilines is 2. The van der Waals surface area contributed by atoms with E-state index in [4.69, 9.17) is 23.1 Å². The number of nitrogens with two attached hydrogens (primary N) is 2. The van der Waals surface area contributed by atoms with Crippen LogP contribution < -0.4 is 16.8 Å². The van der Waals surface area contributed by atoms with Gasteiger partial charge in [0.1, 0.15) is 0 Å². The maximum atomic E-state index is 14.0. The van der Waals surface area contributed by atoms with Gasteiger partial charge in [0.2, 0.25) is 0 Å². The number of piperidine rings is 1. The summed E-state index contributed by atoms with van der Waals surface area (Å²) in [6, 6.07) is 7.48. The molecule has 6 rings (SSSR count). The molecule has 1 aromatic carbocycles. The molecule has 0 aliphatic carbocycles. The van der Waals surface area contributed by atoms with E-state index in [1.807, 2.05) is 0 Å². The number of amides is 2. The number of likely N-dealkylation sites (tertiary alicyclic amines) is 1. The molecule has 2 aliphatic heterocycles. The van der Waals surface area contributed by atoms with E-state index in [0.29, 0.717) is 49.9 Å². The minimum Gasteiger partial charge on any atom is -0.397 e. The van der Waals surface area contributed by atoms with Crippen LogP contribution in [0.4, 0.5) is 24.5 Å².